The van der Waals surface area contributed by atoms with Crippen molar-refractivity contribution in [3.63, 3.8) is 0 Å². The molecule has 1 saturated carbocycles. The zero-order valence-electron chi connectivity index (χ0n) is 10.7. The van der Waals surface area contributed by atoms with Crippen molar-refractivity contribution in [1.82, 2.24) is 0 Å². The zero-order chi connectivity index (χ0) is 12.0. The summed E-state index contributed by atoms with van der Waals surface area (Å²) >= 11 is 0. The minimum absolute atomic E-state index is 0.0633. The molecule has 1 fully saturated rings. The zero-order valence-corrected chi connectivity index (χ0v) is 10.7. The van der Waals surface area contributed by atoms with E-state index in [0.29, 0.717) is 6.10 Å². The molecule has 94 valence electrons. The van der Waals surface area contributed by atoms with E-state index in [9.17, 15) is 4.79 Å². The van der Waals surface area contributed by atoms with Crippen molar-refractivity contribution < 1.29 is 14.3 Å². The SMILES string of the molecule is CCCCC(C)OC1CCC(C(=O)OC)C1. The highest BCUT2D eigenvalue weighted by Crippen LogP contribution is 2.29. The Morgan fingerprint density at radius 2 is 2.19 bits per heavy atom. The fraction of sp³-hybridized carbons (Fsp3) is 0.923. The molecular formula is C13H24O3. The molecule has 3 atom stereocenters. The molecular weight excluding hydrogens is 204 g/mol. The first-order chi connectivity index (χ1) is 7.67. The standard InChI is InChI=1S/C13H24O3/c1-4-5-6-10(2)16-12-8-7-11(9-12)13(14)15-3/h10-12H,4-9H2,1-3H3. The molecule has 0 aliphatic heterocycles. The van der Waals surface area contributed by atoms with Gasteiger partial charge in [0.1, 0.15) is 0 Å². The molecule has 0 heterocycles. The summed E-state index contributed by atoms with van der Waals surface area (Å²) in [5.41, 5.74) is 0. The van der Waals surface area contributed by atoms with Crippen LogP contribution in [0.3, 0.4) is 0 Å². The van der Waals surface area contributed by atoms with Gasteiger partial charge in [-0.05, 0) is 32.6 Å². The molecule has 1 aliphatic carbocycles. The van der Waals surface area contributed by atoms with Gasteiger partial charge in [-0.3, -0.25) is 4.79 Å². The number of esters is 1. The van der Waals surface area contributed by atoms with E-state index >= 15 is 0 Å². The van der Waals surface area contributed by atoms with E-state index < -0.39 is 0 Å². The first-order valence-corrected chi connectivity index (χ1v) is 6.40. The van der Waals surface area contributed by atoms with Crippen LogP contribution in [0, 0.1) is 5.92 Å². The van der Waals surface area contributed by atoms with Crippen LogP contribution in [0.25, 0.3) is 0 Å². The number of hydrogen-bond donors (Lipinski definition) is 0. The van der Waals surface area contributed by atoms with E-state index in [1.165, 1.54) is 20.0 Å². The maximum Gasteiger partial charge on any atom is 0.308 e. The van der Waals surface area contributed by atoms with Gasteiger partial charge in [-0.2, -0.15) is 0 Å². The van der Waals surface area contributed by atoms with Gasteiger partial charge in [-0.25, -0.2) is 0 Å². The molecule has 0 spiro atoms. The summed E-state index contributed by atoms with van der Waals surface area (Å²) in [5.74, 6) is -0.0133. The normalized spacial score (nSPS) is 26.7. The van der Waals surface area contributed by atoms with E-state index in [2.05, 4.69) is 13.8 Å². The molecule has 0 aromatic rings. The number of ether oxygens (including phenoxy) is 2. The summed E-state index contributed by atoms with van der Waals surface area (Å²) in [6.45, 7) is 4.32. The van der Waals surface area contributed by atoms with Crippen LogP contribution < -0.4 is 0 Å². The summed E-state index contributed by atoms with van der Waals surface area (Å²) in [6.07, 6.45) is 6.88. The number of hydrogen-bond acceptors (Lipinski definition) is 3. The van der Waals surface area contributed by atoms with Gasteiger partial charge in [0.05, 0.1) is 25.2 Å². The Kier molecular flexibility index (Phi) is 5.81. The van der Waals surface area contributed by atoms with Gasteiger partial charge >= 0.3 is 5.97 Å². The Morgan fingerprint density at radius 3 is 2.81 bits per heavy atom. The van der Waals surface area contributed by atoms with Crippen LogP contribution in [-0.4, -0.2) is 25.3 Å². The van der Waals surface area contributed by atoms with Gasteiger partial charge in [-0.15, -0.1) is 0 Å². The summed E-state index contributed by atoms with van der Waals surface area (Å²) in [5, 5.41) is 0. The lowest BCUT2D eigenvalue weighted by Gasteiger charge is -2.18. The van der Waals surface area contributed by atoms with Crippen molar-refractivity contribution >= 4 is 5.97 Å². The molecule has 0 bridgehead atoms. The van der Waals surface area contributed by atoms with Crippen LogP contribution in [0.4, 0.5) is 0 Å². The second-order valence-electron chi connectivity index (χ2n) is 4.74. The van der Waals surface area contributed by atoms with Gasteiger partial charge in [0.2, 0.25) is 0 Å². The van der Waals surface area contributed by atoms with E-state index in [4.69, 9.17) is 9.47 Å². The Labute approximate surface area is 98.5 Å². The Hall–Kier alpha value is -0.570. The van der Waals surface area contributed by atoms with Crippen molar-refractivity contribution in [3.8, 4) is 0 Å². The van der Waals surface area contributed by atoms with Crippen LogP contribution >= 0.6 is 0 Å². The average molecular weight is 228 g/mol. The van der Waals surface area contributed by atoms with Crippen molar-refractivity contribution in [2.24, 2.45) is 5.92 Å². The van der Waals surface area contributed by atoms with Gasteiger partial charge in [0.25, 0.3) is 0 Å². The third-order valence-electron chi connectivity index (χ3n) is 3.31. The minimum Gasteiger partial charge on any atom is -0.469 e. The lowest BCUT2D eigenvalue weighted by atomic mass is 10.1. The molecule has 3 nitrogen and oxygen atoms in total. The number of carbonyl (C=O) groups excluding carboxylic acids is 1. The first-order valence-electron chi connectivity index (χ1n) is 6.40. The fourth-order valence-corrected chi connectivity index (χ4v) is 2.33. The molecule has 16 heavy (non-hydrogen) atoms. The molecule has 1 aliphatic rings. The van der Waals surface area contributed by atoms with Gasteiger partial charge < -0.3 is 9.47 Å². The summed E-state index contributed by atoms with van der Waals surface area (Å²) in [6, 6.07) is 0. The molecule has 0 saturated heterocycles. The van der Waals surface area contributed by atoms with Crippen molar-refractivity contribution in [2.45, 2.75) is 64.6 Å². The van der Waals surface area contributed by atoms with E-state index in [1.54, 1.807) is 0 Å². The topological polar surface area (TPSA) is 35.5 Å². The largest absolute Gasteiger partial charge is 0.469 e. The maximum absolute atomic E-state index is 11.3. The molecule has 3 heteroatoms. The van der Waals surface area contributed by atoms with E-state index in [-0.39, 0.29) is 18.0 Å². The third kappa shape index (κ3) is 4.12. The third-order valence-corrected chi connectivity index (χ3v) is 3.31. The first kappa shape index (κ1) is 13.5. The van der Waals surface area contributed by atoms with Crippen molar-refractivity contribution in [3.05, 3.63) is 0 Å². The Balaban J connectivity index is 2.23. The lowest BCUT2D eigenvalue weighted by Crippen LogP contribution is -2.19. The Morgan fingerprint density at radius 1 is 1.44 bits per heavy atom. The predicted molar refractivity (Wildman–Crippen MR) is 63.2 cm³/mol. The monoisotopic (exact) mass is 228 g/mol. The molecule has 1 rings (SSSR count). The summed E-state index contributed by atoms with van der Waals surface area (Å²) in [4.78, 5) is 11.3. The Bertz CT molecular complexity index is 215. The number of carbonyl (C=O) groups is 1. The van der Waals surface area contributed by atoms with Crippen LogP contribution in [0.1, 0.15) is 52.4 Å². The molecule has 0 aromatic heterocycles. The highest BCUT2D eigenvalue weighted by atomic mass is 16.5. The average Bonchev–Trinajstić information content (AvgIpc) is 2.73. The molecule has 0 N–H and O–H groups in total. The minimum atomic E-state index is -0.0766. The lowest BCUT2D eigenvalue weighted by molar-refractivity contribution is -0.145. The summed E-state index contributed by atoms with van der Waals surface area (Å²) in [7, 11) is 1.46. The smallest absolute Gasteiger partial charge is 0.308 e. The highest BCUT2D eigenvalue weighted by molar-refractivity contribution is 5.72. The number of rotatable bonds is 6. The number of methoxy groups -OCH3 is 1. The van der Waals surface area contributed by atoms with Gasteiger partial charge in [0, 0.05) is 0 Å². The van der Waals surface area contributed by atoms with Crippen molar-refractivity contribution in [2.75, 3.05) is 7.11 Å². The maximum atomic E-state index is 11.3. The molecule has 0 amide bonds. The predicted octanol–water partition coefficient (Wildman–Crippen LogP) is 2.92. The van der Waals surface area contributed by atoms with E-state index in [1.807, 2.05) is 0 Å². The molecule has 0 radical (unpaired) electrons. The van der Waals surface area contributed by atoms with Crippen LogP contribution in [0.2, 0.25) is 0 Å². The second kappa shape index (κ2) is 6.89. The molecule has 3 unspecified atom stereocenters. The van der Waals surface area contributed by atoms with Crippen LogP contribution in [0.15, 0.2) is 0 Å². The summed E-state index contributed by atoms with van der Waals surface area (Å²) < 4.78 is 10.7. The van der Waals surface area contributed by atoms with Gasteiger partial charge in [-0.1, -0.05) is 19.8 Å². The highest BCUT2D eigenvalue weighted by Gasteiger charge is 2.31. The van der Waals surface area contributed by atoms with Gasteiger partial charge in [0.15, 0.2) is 0 Å². The quantitative estimate of drug-likeness (QED) is 0.656. The second-order valence-corrected chi connectivity index (χ2v) is 4.74. The number of unbranched alkanes of at least 4 members (excludes halogenated alkanes) is 1. The fourth-order valence-electron chi connectivity index (χ4n) is 2.33. The van der Waals surface area contributed by atoms with Crippen molar-refractivity contribution in [1.29, 1.82) is 0 Å². The van der Waals surface area contributed by atoms with Crippen LogP contribution in [0.5, 0.6) is 0 Å². The van der Waals surface area contributed by atoms with Crippen LogP contribution in [-0.2, 0) is 14.3 Å². The molecule has 0 aromatic carbocycles. The van der Waals surface area contributed by atoms with E-state index in [0.717, 1.165) is 25.7 Å².